The predicted octanol–water partition coefficient (Wildman–Crippen LogP) is 0.979. The summed E-state index contributed by atoms with van der Waals surface area (Å²) in [5, 5.41) is 9.85. The van der Waals surface area contributed by atoms with Crippen molar-refractivity contribution in [1.82, 2.24) is 14.8 Å². The largest absolute Gasteiger partial charge is 0.481 e. The highest BCUT2D eigenvalue weighted by molar-refractivity contribution is 5.15. The maximum atomic E-state index is 9.85. The van der Waals surface area contributed by atoms with Crippen LogP contribution in [-0.4, -0.2) is 65.3 Å². The molecule has 2 heterocycles. The first-order chi connectivity index (χ1) is 9.46. The van der Waals surface area contributed by atoms with E-state index in [0.717, 1.165) is 45.0 Å². The summed E-state index contributed by atoms with van der Waals surface area (Å²) < 4.78 is 5.15. The van der Waals surface area contributed by atoms with Crippen LogP contribution in [-0.2, 0) is 6.54 Å². The van der Waals surface area contributed by atoms with E-state index < -0.39 is 5.60 Å². The van der Waals surface area contributed by atoms with Gasteiger partial charge in [0.25, 0.3) is 0 Å². The van der Waals surface area contributed by atoms with Crippen LogP contribution in [0.5, 0.6) is 5.88 Å². The molecule has 1 fully saturated rings. The van der Waals surface area contributed by atoms with Crippen LogP contribution < -0.4 is 4.74 Å². The molecule has 0 saturated carbocycles. The van der Waals surface area contributed by atoms with Gasteiger partial charge in [0.1, 0.15) is 0 Å². The molecule has 1 aliphatic heterocycles. The molecule has 1 saturated heterocycles. The highest BCUT2D eigenvalue weighted by atomic mass is 16.5. The van der Waals surface area contributed by atoms with Crippen molar-refractivity contribution in [2.75, 3.05) is 39.8 Å². The number of aromatic nitrogens is 1. The van der Waals surface area contributed by atoms with Crippen LogP contribution in [0.15, 0.2) is 18.2 Å². The highest BCUT2D eigenvalue weighted by Crippen LogP contribution is 2.12. The third kappa shape index (κ3) is 4.74. The molecule has 0 aliphatic carbocycles. The zero-order valence-corrected chi connectivity index (χ0v) is 12.7. The summed E-state index contributed by atoms with van der Waals surface area (Å²) in [6.45, 7) is 9.32. The Bertz CT molecular complexity index is 423. The quantitative estimate of drug-likeness (QED) is 0.870. The summed E-state index contributed by atoms with van der Waals surface area (Å²) >= 11 is 0. The Morgan fingerprint density at radius 1 is 1.20 bits per heavy atom. The van der Waals surface area contributed by atoms with Crippen molar-refractivity contribution in [1.29, 1.82) is 0 Å². The van der Waals surface area contributed by atoms with Gasteiger partial charge >= 0.3 is 0 Å². The molecule has 1 aromatic heterocycles. The number of aliphatic hydroxyl groups is 1. The van der Waals surface area contributed by atoms with Crippen LogP contribution in [0.1, 0.15) is 19.5 Å². The average molecular weight is 279 g/mol. The van der Waals surface area contributed by atoms with E-state index in [2.05, 4.69) is 14.8 Å². The first kappa shape index (κ1) is 15.2. The smallest absolute Gasteiger partial charge is 0.213 e. The van der Waals surface area contributed by atoms with E-state index in [1.807, 2.05) is 32.0 Å². The number of piperazine rings is 1. The molecule has 0 unspecified atom stereocenters. The predicted molar refractivity (Wildman–Crippen MR) is 78.8 cm³/mol. The summed E-state index contributed by atoms with van der Waals surface area (Å²) in [6, 6.07) is 5.88. The molecule has 112 valence electrons. The zero-order chi connectivity index (χ0) is 14.6. The first-order valence-corrected chi connectivity index (χ1v) is 7.13. The van der Waals surface area contributed by atoms with Gasteiger partial charge in [-0.3, -0.25) is 9.80 Å². The lowest BCUT2D eigenvalue weighted by Crippen LogP contribution is -2.50. The molecule has 0 spiro atoms. The second kappa shape index (κ2) is 6.52. The van der Waals surface area contributed by atoms with E-state index in [1.165, 1.54) is 0 Å². The van der Waals surface area contributed by atoms with Gasteiger partial charge in [-0.1, -0.05) is 6.07 Å². The number of methoxy groups -OCH3 is 1. The van der Waals surface area contributed by atoms with Crippen molar-refractivity contribution in [3.05, 3.63) is 23.9 Å². The third-order valence-corrected chi connectivity index (χ3v) is 3.45. The fourth-order valence-corrected chi connectivity index (χ4v) is 2.54. The summed E-state index contributed by atoms with van der Waals surface area (Å²) in [7, 11) is 1.64. The molecule has 0 radical (unpaired) electrons. The van der Waals surface area contributed by atoms with Crippen LogP contribution in [0.2, 0.25) is 0 Å². The average Bonchev–Trinajstić information content (AvgIpc) is 2.40. The summed E-state index contributed by atoms with van der Waals surface area (Å²) in [5.41, 5.74) is 0.427. The lowest BCUT2D eigenvalue weighted by molar-refractivity contribution is 0.0165. The number of ether oxygens (including phenoxy) is 1. The van der Waals surface area contributed by atoms with Gasteiger partial charge in [-0.15, -0.1) is 0 Å². The van der Waals surface area contributed by atoms with Crippen LogP contribution in [0.25, 0.3) is 0 Å². The van der Waals surface area contributed by atoms with Crippen LogP contribution in [0, 0.1) is 0 Å². The molecule has 0 bridgehead atoms. The van der Waals surface area contributed by atoms with E-state index >= 15 is 0 Å². The van der Waals surface area contributed by atoms with Crippen molar-refractivity contribution < 1.29 is 9.84 Å². The van der Waals surface area contributed by atoms with Crippen molar-refractivity contribution in [2.24, 2.45) is 0 Å². The molecule has 0 amide bonds. The molecule has 1 aromatic rings. The Kier molecular flexibility index (Phi) is 4.96. The van der Waals surface area contributed by atoms with Crippen LogP contribution in [0.3, 0.4) is 0 Å². The van der Waals surface area contributed by atoms with Gasteiger partial charge in [0.15, 0.2) is 0 Å². The number of rotatable bonds is 5. The van der Waals surface area contributed by atoms with E-state index in [1.54, 1.807) is 7.11 Å². The Morgan fingerprint density at radius 3 is 2.45 bits per heavy atom. The number of β-amino-alcohol motifs (C(OH)–C–C–N with tert-alkyl or cyclic N) is 1. The maximum Gasteiger partial charge on any atom is 0.213 e. The molecule has 20 heavy (non-hydrogen) atoms. The fourth-order valence-electron chi connectivity index (χ4n) is 2.54. The van der Waals surface area contributed by atoms with Gasteiger partial charge < -0.3 is 9.84 Å². The molecule has 5 heteroatoms. The Morgan fingerprint density at radius 2 is 1.85 bits per heavy atom. The maximum absolute atomic E-state index is 9.85. The third-order valence-electron chi connectivity index (χ3n) is 3.45. The highest BCUT2D eigenvalue weighted by Gasteiger charge is 2.22. The van der Waals surface area contributed by atoms with Crippen molar-refractivity contribution in [3.8, 4) is 5.88 Å². The standard InChI is InChI=1S/C15H25N3O2/c1-15(2,19)12-18-9-7-17(8-10-18)11-13-5-4-6-14(16-13)20-3/h4-6,19H,7-12H2,1-3H3. The molecular weight excluding hydrogens is 254 g/mol. The van der Waals surface area contributed by atoms with E-state index in [-0.39, 0.29) is 0 Å². The SMILES string of the molecule is COc1cccc(CN2CCN(CC(C)(C)O)CC2)n1. The Hall–Kier alpha value is -1.17. The van der Waals surface area contributed by atoms with Crippen LogP contribution >= 0.6 is 0 Å². The van der Waals surface area contributed by atoms with E-state index in [9.17, 15) is 5.11 Å². The second-order valence-corrected chi connectivity index (χ2v) is 6.04. The minimum atomic E-state index is -0.615. The zero-order valence-electron chi connectivity index (χ0n) is 12.7. The molecular formula is C15H25N3O2. The molecule has 0 aromatic carbocycles. The number of pyridine rings is 1. The van der Waals surface area contributed by atoms with Gasteiger partial charge in [-0.25, -0.2) is 4.98 Å². The van der Waals surface area contributed by atoms with Gasteiger partial charge in [-0.2, -0.15) is 0 Å². The van der Waals surface area contributed by atoms with Crippen LogP contribution in [0.4, 0.5) is 0 Å². The van der Waals surface area contributed by atoms with Gasteiger partial charge in [0, 0.05) is 45.3 Å². The minimum absolute atomic E-state index is 0.615. The minimum Gasteiger partial charge on any atom is -0.481 e. The second-order valence-electron chi connectivity index (χ2n) is 6.04. The van der Waals surface area contributed by atoms with Crippen molar-refractivity contribution in [3.63, 3.8) is 0 Å². The number of hydrogen-bond donors (Lipinski definition) is 1. The topological polar surface area (TPSA) is 48.8 Å². The first-order valence-electron chi connectivity index (χ1n) is 7.13. The van der Waals surface area contributed by atoms with Crippen molar-refractivity contribution in [2.45, 2.75) is 26.0 Å². The Balaban J connectivity index is 1.82. The lowest BCUT2D eigenvalue weighted by atomic mass is 10.1. The number of nitrogens with zero attached hydrogens (tertiary/aromatic N) is 3. The monoisotopic (exact) mass is 279 g/mol. The number of hydrogen-bond acceptors (Lipinski definition) is 5. The van der Waals surface area contributed by atoms with E-state index in [4.69, 9.17) is 4.74 Å². The molecule has 2 rings (SSSR count). The van der Waals surface area contributed by atoms with Gasteiger partial charge in [0.05, 0.1) is 18.4 Å². The fraction of sp³-hybridized carbons (Fsp3) is 0.667. The molecule has 0 atom stereocenters. The van der Waals surface area contributed by atoms with E-state index in [0.29, 0.717) is 5.88 Å². The molecule has 5 nitrogen and oxygen atoms in total. The Labute approximate surface area is 121 Å². The lowest BCUT2D eigenvalue weighted by Gasteiger charge is -2.37. The molecule has 1 N–H and O–H groups in total. The summed E-state index contributed by atoms with van der Waals surface area (Å²) in [6.07, 6.45) is 0. The van der Waals surface area contributed by atoms with Crippen molar-refractivity contribution >= 4 is 0 Å². The molecule has 1 aliphatic rings. The van der Waals surface area contributed by atoms with Gasteiger partial charge in [0.2, 0.25) is 5.88 Å². The normalized spacial score (nSPS) is 18.2. The van der Waals surface area contributed by atoms with Gasteiger partial charge in [-0.05, 0) is 19.9 Å². The summed E-state index contributed by atoms with van der Waals surface area (Å²) in [4.78, 5) is 9.15. The summed E-state index contributed by atoms with van der Waals surface area (Å²) in [5.74, 6) is 0.670.